The van der Waals surface area contributed by atoms with Crippen molar-refractivity contribution in [1.82, 2.24) is 9.97 Å². The monoisotopic (exact) mass is 218 g/mol. The number of nitrogens with zero attached hydrogens (tertiary/aromatic N) is 2. The van der Waals surface area contributed by atoms with Gasteiger partial charge in [0.05, 0.1) is 0 Å². The molecule has 0 atom stereocenters. The molecule has 1 rings (SSSR count). The Balaban J connectivity index is 2.38. The molecule has 0 saturated carbocycles. The first-order chi connectivity index (χ1) is 6.99. The molecule has 0 N–H and O–H groups in total. The minimum Gasteiger partial charge on any atom is -0.291 e. The third-order valence-electron chi connectivity index (χ3n) is 1.68. The molecule has 82 valence electrons. The van der Waals surface area contributed by atoms with Crippen LogP contribution in [0.2, 0.25) is 0 Å². The number of aromatic nitrogens is 2. The van der Waals surface area contributed by atoms with Crippen LogP contribution in [-0.4, -0.2) is 21.9 Å². The van der Waals surface area contributed by atoms with Gasteiger partial charge in [0.2, 0.25) is 0 Å². The largest absolute Gasteiger partial charge is 0.389 e. The van der Waals surface area contributed by atoms with E-state index in [2.05, 4.69) is 9.97 Å². The van der Waals surface area contributed by atoms with E-state index in [-0.39, 0.29) is 18.7 Å². The number of rotatable bonds is 4. The van der Waals surface area contributed by atoms with Gasteiger partial charge < -0.3 is 0 Å². The van der Waals surface area contributed by atoms with Gasteiger partial charge in [-0.1, -0.05) is 0 Å². The van der Waals surface area contributed by atoms with Gasteiger partial charge in [-0.2, -0.15) is 13.2 Å². The van der Waals surface area contributed by atoms with E-state index in [0.29, 0.717) is 0 Å². The van der Waals surface area contributed by atoms with Crippen molar-refractivity contribution < 1.29 is 18.0 Å². The van der Waals surface area contributed by atoms with Crippen LogP contribution >= 0.6 is 0 Å². The maximum atomic E-state index is 11.8. The molecule has 0 aliphatic heterocycles. The summed E-state index contributed by atoms with van der Waals surface area (Å²) in [5.74, 6) is -0.487. The number of halogens is 3. The van der Waals surface area contributed by atoms with Gasteiger partial charge >= 0.3 is 6.18 Å². The summed E-state index contributed by atoms with van der Waals surface area (Å²) in [5.41, 5.74) is 0. The average Bonchev–Trinajstić information content (AvgIpc) is 2.17. The quantitative estimate of drug-likeness (QED) is 0.728. The minimum absolute atomic E-state index is 0.0281. The number of alkyl halides is 3. The molecule has 15 heavy (non-hydrogen) atoms. The van der Waals surface area contributed by atoms with Crippen LogP contribution in [0.4, 0.5) is 13.2 Å². The molecular weight excluding hydrogens is 209 g/mol. The van der Waals surface area contributed by atoms with Crippen LogP contribution in [-0.2, 0) is 0 Å². The Morgan fingerprint density at radius 1 is 1.27 bits per heavy atom. The maximum Gasteiger partial charge on any atom is 0.389 e. The molecule has 1 aromatic rings. The van der Waals surface area contributed by atoms with Crippen molar-refractivity contribution >= 4 is 5.78 Å². The van der Waals surface area contributed by atoms with E-state index in [1.807, 2.05) is 0 Å². The van der Waals surface area contributed by atoms with E-state index in [4.69, 9.17) is 0 Å². The highest BCUT2D eigenvalue weighted by Crippen LogP contribution is 2.22. The fourth-order valence-corrected chi connectivity index (χ4v) is 1.00. The Morgan fingerprint density at radius 3 is 2.40 bits per heavy atom. The molecule has 0 aliphatic carbocycles. The van der Waals surface area contributed by atoms with Crippen molar-refractivity contribution in [2.24, 2.45) is 0 Å². The van der Waals surface area contributed by atoms with E-state index in [0.717, 1.165) is 0 Å². The topological polar surface area (TPSA) is 42.9 Å². The molecular formula is C9H9F3N2O. The number of carbonyl (C=O) groups is 1. The van der Waals surface area contributed by atoms with Crippen molar-refractivity contribution in [3.05, 3.63) is 24.3 Å². The lowest BCUT2D eigenvalue weighted by atomic mass is 10.1. The number of ketones is 1. The predicted octanol–water partition coefficient (Wildman–Crippen LogP) is 2.39. The predicted molar refractivity (Wildman–Crippen MR) is 46.3 cm³/mol. The molecule has 0 fully saturated rings. The van der Waals surface area contributed by atoms with Crippen LogP contribution in [0.3, 0.4) is 0 Å². The lowest BCUT2D eigenvalue weighted by Gasteiger charge is -2.04. The SMILES string of the molecule is O=C(CCCC(F)(F)F)c1ncccn1. The lowest BCUT2D eigenvalue weighted by Crippen LogP contribution is -2.10. The van der Waals surface area contributed by atoms with E-state index in [1.165, 1.54) is 18.5 Å². The second kappa shape index (κ2) is 4.86. The third kappa shape index (κ3) is 4.53. The fraction of sp³-hybridized carbons (Fsp3) is 0.444. The summed E-state index contributed by atoms with van der Waals surface area (Å²) in [7, 11) is 0. The standard InChI is InChI=1S/C9H9F3N2O/c10-9(11,12)4-1-3-7(15)8-13-5-2-6-14-8/h2,5-6H,1,3-4H2. The van der Waals surface area contributed by atoms with E-state index in [9.17, 15) is 18.0 Å². The number of Topliss-reactive ketones (excluding diaryl/α,β-unsaturated/α-hetero) is 1. The molecule has 1 aromatic heterocycles. The summed E-state index contributed by atoms with van der Waals surface area (Å²) in [4.78, 5) is 18.5. The molecule has 3 nitrogen and oxygen atoms in total. The lowest BCUT2D eigenvalue weighted by molar-refractivity contribution is -0.135. The summed E-state index contributed by atoms with van der Waals surface area (Å²) >= 11 is 0. The van der Waals surface area contributed by atoms with E-state index >= 15 is 0 Å². The van der Waals surface area contributed by atoms with Crippen molar-refractivity contribution in [2.45, 2.75) is 25.4 Å². The Kier molecular flexibility index (Phi) is 3.76. The smallest absolute Gasteiger partial charge is 0.291 e. The molecule has 0 bridgehead atoms. The molecule has 0 unspecified atom stereocenters. The van der Waals surface area contributed by atoms with E-state index < -0.39 is 18.4 Å². The summed E-state index contributed by atoms with van der Waals surface area (Å²) in [6.45, 7) is 0. The van der Waals surface area contributed by atoms with Gasteiger partial charge in [0, 0.05) is 25.2 Å². The highest BCUT2D eigenvalue weighted by Gasteiger charge is 2.26. The summed E-state index contributed by atoms with van der Waals surface area (Å²) in [5, 5.41) is 0. The normalized spacial score (nSPS) is 11.4. The van der Waals surface area contributed by atoms with Crippen LogP contribution in [0, 0.1) is 0 Å². The van der Waals surface area contributed by atoms with Gasteiger partial charge in [-0.25, -0.2) is 9.97 Å². The molecule has 0 spiro atoms. The number of hydrogen-bond acceptors (Lipinski definition) is 3. The van der Waals surface area contributed by atoms with Crippen molar-refractivity contribution in [3.8, 4) is 0 Å². The van der Waals surface area contributed by atoms with Crippen LogP contribution in [0.25, 0.3) is 0 Å². The Bertz CT molecular complexity index is 324. The molecule has 0 aromatic carbocycles. The fourth-order valence-electron chi connectivity index (χ4n) is 1.00. The average molecular weight is 218 g/mol. The van der Waals surface area contributed by atoms with Gasteiger partial charge in [-0.15, -0.1) is 0 Å². The number of hydrogen-bond donors (Lipinski definition) is 0. The van der Waals surface area contributed by atoms with Gasteiger partial charge in [0.25, 0.3) is 0 Å². The second-order valence-electron chi connectivity index (χ2n) is 2.96. The third-order valence-corrected chi connectivity index (χ3v) is 1.68. The Hall–Kier alpha value is -1.46. The summed E-state index contributed by atoms with van der Waals surface area (Å²) < 4.78 is 35.3. The molecule has 6 heteroatoms. The first-order valence-corrected chi connectivity index (χ1v) is 4.36. The van der Waals surface area contributed by atoms with Crippen LogP contribution in [0.15, 0.2) is 18.5 Å². The minimum atomic E-state index is -4.21. The highest BCUT2D eigenvalue weighted by atomic mass is 19.4. The Morgan fingerprint density at radius 2 is 1.87 bits per heavy atom. The van der Waals surface area contributed by atoms with Gasteiger partial charge in [0.15, 0.2) is 11.6 Å². The second-order valence-corrected chi connectivity index (χ2v) is 2.96. The van der Waals surface area contributed by atoms with Gasteiger partial charge in [-0.05, 0) is 12.5 Å². The zero-order valence-electron chi connectivity index (χ0n) is 7.79. The zero-order chi connectivity index (χ0) is 11.3. The zero-order valence-corrected chi connectivity index (χ0v) is 7.79. The first-order valence-electron chi connectivity index (χ1n) is 4.36. The Labute approximate surface area is 84.4 Å². The van der Waals surface area contributed by atoms with Gasteiger partial charge in [0.1, 0.15) is 0 Å². The molecule has 0 radical (unpaired) electrons. The molecule has 0 amide bonds. The van der Waals surface area contributed by atoms with Crippen LogP contribution < -0.4 is 0 Å². The van der Waals surface area contributed by atoms with Crippen LogP contribution in [0.1, 0.15) is 29.9 Å². The first kappa shape index (κ1) is 11.6. The highest BCUT2D eigenvalue weighted by molar-refractivity contribution is 5.92. The summed E-state index contributed by atoms with van der Waals surface area (Å²) in [6, 6.07) is 1.53. The number of carbonyl (C=O) groups excluding carboxylic acids is 1. The summed E-state index contributed by atoms with van der Waals surface area (Å²) in [6.07, 6.45) is -2.80. The molecule has 0 saturated heterocycles. The molecule has 1 heterocycles. The van der Waals surface area contributed by atoms with Crippen molar-refractivity contribution in [2.75, 3.05) is 0 Å². The van der Waals surface area contributed by atoms with Crippen molar-refractivity contribution in [3.63, 3.8) is 0 Å². The molecule has 0 aliphatic rings. The van der Waals surface area contributed by atoms with Crippen LogP contribution in [0.5, 0.6) is 0 Å². The van der Waals surface area contributed by atoms with E-state index in [1.54, 1.807) is 0 Å². The van der Waals surface area contributed by atoms with Gasteiger partial charge in [-0.3, -0.25) is 4.79 Å². The van der Waals surface area contributed by atoms with Crippen molar-refractivity contribution in [1.29, 1.82) is 0 Å². The maximum absolute atomic E-state index is 11.8.